The zero-order valence-electron chi connectivity index (χ0n) is 22.2. The highest BCUT2D eigenvalue weighted by atomic mass is 16.5. The molecule has 1 fully saturated rings. The second kappa shape index (κ2) is 13.9. The number of allylic oxidation sites excluding steroid dienone is 1. The van der Waals surface area contributed by atoms with Gasteiger partial charge in [0.15, 0.2) is 0 Å². The number of aryl methyl sites for hydroxylation is 1. The molecule has 37 heavy (non-hydrogen) atoms. The van der Waals surface area contributed by atoms with E-state index in [-0.39, 0.29) is 6.61 Å². The highest BCUT2D eigenvalue weighted by Gasteiger charge is 2.16. The fourth-order valence-corrected chi connectivity index (χ4v) is 4.95. The van der Waals surface area contributed by atoms with E-state index in [0.717, 1.165) is 62.4 Å². The second-order valence-electron chi connectivity index (χ2n) is 9.65. The smallest absolute Gasteiger partial charge is 0.126 e. The van der Waals surface area contributed by atoms with Gasteiger partial charge in [-0.1, -0.05) is 84.4 Å². The summed E-state index contributed by atoms with van der Waals surface area (Å²) in [5.74, 6) is 0.870. The predicted octanol–water partition coefficient (Wildman–Crippen LogP) is 6.04. The van der Waals surface area contributed by atoms with Crippen molar-refractivity contribution in [1.29, 1.82) is 0 Å². The van der Waals surface area contributed by atoms with Gasteiger partial charge >= 0.3 is 0 Å². The Hall–Kier alpha value is -3.18. The van der Waals surface area contributed by atoms with Gasteiger partial charge in [-0.3, -0.25) is 0 Å². The van der Waals surface area contributed by atoms with E-state index in [1.54, 1.807) is 7.11 Å². The standard InChI is InChI=1S/C33H40N2O2/c1-26-13-15-29(16-14-26)33(31(12-8-24-36)27-9-4-3-5-10-27)30-18-17-28(32(25-30)37-2)11-6-7-21-35-22-19-34-20-23-35/h3-6,9-11,13-18,25,34,36H,7-8,12,19-24H2,1-2H3/b11-6+,33-31-. The van der Waals surface area contributed by atoms with Crippen molar-refractivity contribution < 1.29 is 9.84 Å². The zero-order valence-corrected chi connectivity index (χ0v) is 22.2. The van der Waals surface area contributed by atoms with Crippen LogP contribution in [0.2, 0.25) is 0 Å². The fraction of sp³-hybridized carbons (Fsp3) is 0.333. The Morgan fingerprint density at radius 3 is 2.38 bits per heavy atom. The van der Waals surface area contributed by atoms with Crippen molar-refractivity contribution in [2.45, 2.75) is 26.2 Å². The lowest BCUT2D eigenvalue weighted by Crippen LogP contribution is -2.43. The van der Waals surface area contributed by atoms with E-state index in [1.807, 2.05) is 6.07 Å². The van der Waals surface area contributed by atoms with E-state index in [2.05, 4.69) is 96.0 Å². The van der Waals surface area contributed by atoms with Crippen molar-refractivity contribution in [3.8, 4) is 5.75 Å². The molecule has 0 atom stereocenters. The summed E-state index contributed by atoms with van der Waals surface area (Å²) in [5, 5.41) is 13.1. The van der Waals surface area contributed by atoms with Crippen molar-refractivity contribution in [1.82, 2.24) is 10.2 Å². The highest BCUT2D eigenvalue weighted by molar-refractivity contribution is 5.99. The van der Waals surface area contributed by atoms with Gasteiger partial charge < -0.3 is 20.1 Å². The first-order chi connectivity index (χ1) is 18.2. The Morgan fingerprint density at radius 2 is 1.68 bits per heavy atom. The maximum absolute atomic E-state index is 9.67. The molecule has 0 saturated carbocycles. The maximum atomic E-state index is 9.67. The first kappa shape index (κ1) is 26.9. The summed E-state index contributed by atoms with van der Waals surface area (Å²) in [6, 6.07) is 25.8. The number of nitrogens with one attached hydrogen (secondary N) is 1. The molecule has 1 aliphatic heterocycles. The van der Waals surface area contributed by atoms with Crippen molar-refractivity contribution in [3.63, 3.8) is 0 Å². The molecule has 0 unspecified atom stereocenters. The number of aliphatic hydroxyl groups excluding tert-OH is 1. The minimum absolute atomic E-state index is 0.165. The molecule has 3 aromatic carbocycles. The van der Waals surface area contributed by atoms with Crippen LogP contribution in [0.5, 0.6) is 5.75 Å². The number of methoxy groups -OCH3 is 1. The first-order valence-electron chi connectivity index (χ1n) is 13.4. The van der Waals surface area contributed by atoms with E-state index in [4.69, 9.17) is 4.74 Å². The summed E-state index contributed by atoms with van der Waals surface area (Å²) in [6.45, 7) is 7.78. The molecule has 1 aliphatic rings. The Morgan fingerprint density at radius 1 is 0.946 bits per heavy atom. The normalized spacial score (nSPS) is 15.1. The van der Waals surface area contributed by atoms with Crippen LogP contribution in [-0.4, -0.2) is 56.4 Å². The minimum atomic E-state index is 0.165. The quantitative estimate of drug-likeness (QED) is 0.318. The molecule has 4 heteroatoms. The molecule has 0 spiro atoms. The van der Waals surface area contributed by atoms with Crippen molar-refractivity contribution in [2.24, 2.45) is 0 Å². The SMILES string of the molecule is COc1cc(/C(=C(/CCCO)c2ccccc2)c2ccc(C)cc2)ccc1/C=C/CCN1CCNCC1. The Balaban J connectivity index is 1.69. The van der Waals surface area contributed by atoms with Crippen molar-refractivity contribution in [2.75, 3.05) is 46.4 Å². The number of ether oxygens (including phenoxy) is 1. The molecule has 1 saturated heterocycles. The molecule has 3 aromatic rings. The average molecular weight is 497 g/mol. The summed E-state index contributed by atoms with van der Waals surface area (Å²) in [6.07, 6.45) is 6.97. The van der Waals surface area contributed by atoms with Crippen LogP contribution in [0.4, 0.5) is 0 Å². The molecule has 0 amide bonds. The van der Waals surface area contributed by atoms with Gasteiger partial charge in [-0.2, -0.15) is 0 Å². The average Bonchev–Trinajstić information content (AvgIpc) is 2.95. The molecule has 194 valence electrons. The summed E-state index contributed by atoms with van der Waals surface area (Å²) in [5.41, 5.74) is 8.22. The molecular weight excluding hydrogens is 456 g/mol. The first-order valence-corrected chi connectivity index (χ1v) is 13.4. The highest BCUT2D eigenvalue weighted by Crippen LogP contribution is 2.37. The number of hydrogen-bond acceptors (Lipinski definition) is 4. The third-order valence-electron chi connectivity index (χ3n) is 6.99. The van der Waals surface area contributed by atoms with Crippen LogP contribution >= 0.6 is 0 Å². The summed E-state index contributed by atoms with van der Waals surface area (Å²) < 4.78 is 5.87. The molecule has 4 nitrogen and oxygen atoms in total. The maximum Gasteiger partial charge on any atom is 0.126 e. The Kier molecular flexibility index (Phi) is 10.1. The van der Waals surface area contributed by atoms with Crippen LogP contribution < -0.4 is 10.1 Å². The zero-order chi connectivity index (χ0) is 25.9. The Labute approximate surface area is 222 Å². The van der Waals surface area contributed by atoms with Crippen LogP contribution in [0.15, 0.2) is 78.9 Å². The van der Waals surface area contributed by atoms with Gasteiger partial charge in [0.2, 0.25) is 0 Å². The Bertz CT molecular complexity index is 1180. The van der Waals surface area contributed by atoms with E-state index < -0.39 is 0 Å². The van der Waals surface area contributed by atoms with Gasteiger partial charge in [0, 0.05) is 44.9 Å². The van der Waals surface area contributed by atoms with Gasteiger partial charge in [-0.05, 0) is 60.1 Å². The molecule has 2 N–H and O–H groups in total. The van der Waals surface area contributed by atoms with Crippen LogP contribution in [-0.2, 0) is 0 Å². The lowest BCUT2D eigenvalue weighted by atomic mass is 9.86. The van der Waals surface area contributed by atoms with E-state index in [0.29, 0.717) is 6.42 Å². The number of piperazine rings is 1. The number of rotatable bonds is 11. The summed E-state index contributed by atoms with van der Waals surface area (Å²) >= 11 is 0. The predicted molar refractivity (Wildman–Crippen MR) is 156 cm³/mol. The molecule has 0 bridgehead atoms. The van der Waals surface area contributed by atoms with E-state index in [1.165, 1.54) is 27.8 Å². The molecule has 0 aromatic heterocycles. The van der Waals surface area contributed by atoms with Gasteiger partial charge in [-0.15, -0.1) is 0 Å². The third kappa shape index (κ3) is 7.42. The number of aliphatic hydroxyl groups is 1. The number of hydrogen-bond donors (Lipinski definition) is 2. The monoisotopic (exact) mass is 496 g/mol. The lowest BCUT2D eigenvalue weighted by Gasteiger charge is -2.26. The minimum Gasteiger partial charge on any atom is -0.496 e. The second-order valence-corrected chi connectivity index (χ2v) is 9.65. The van der Waals surface area contributed by atoms with Gasteiger partial charge in [0.1, 0.15) is 5.75 Å². The van der Waals surface area contributed by atoms with Gasteiger partial charge in [0.25, 0.3) is 0 Å². The largest absolute Gasteiger partial charge is 0.496 e. The third-order valence-corrected chi connectivity index (χ3v) is 6.99. The van der Waals surface area contributed by atoms with Crippen molar-refractivity contribution in [3.05, 3.63) is 107 Å². The molecule has 0 aliphatic carbocycles. The van der Waals surface area contributed by atoms with Crippen LogP contribution in [0.25, 0.3) is 17.2 Å². The molecule has 0 radical (unpaired) electrons. The number of benzene rings is 3. The lowest BCUT2D eigenvalue weighted by molar-refractivity contribution is 0.245. The van der Waals surface area contributed by atoms with Crippen LogP contribution in [0, 0.1) is 6.92 Å². The van der Waals surface area contributed by atoms with Crippen LogP contribution in [0.1, 0.15) is 47.1 Å². The van der Waals surface area contributed by atoms with E-state index in [9.17, 15) is 5.11 Å². The van der Waals surface area contributed by atoms with Crippen LogP contribution in [0.3, 0.4) is 0 Å². The van der Waals surface area contributed by atoms with Gasteiger partial charge in [0.05, 0.1) is 7.11 Å². The number of nitrogens with zero attached hydrogens (tertiary/aromatic N) is 1. The topological polar surface area (TPSA) is 44.7 Å². The fourth-order valence-electron chi connectivity index (χ4n) is 4.95. The molecule has 4 rings (SSSR count). The molecular formula is C33H40N2O2. The van der Waals surface area contributed by atoms with Crippen molar-refractivity contribution >= 4 is 17.2 Å². The van der Waals surface area contributed by atoms with Gasteiger partial charge in [-0.25, -0.2) is 0 Å². The summed E-state index contributed by atoms with van der Waals surface area (Å²) in [7, 11) is 1.75. The van der Waals surface area contributed by atoms with E-state index >= 15 is 0 Å². The molecule has 1 heterocycles. The summed E-state index contributed by atoms with van der Waals surface area (Å²) in [4.78, 5) is 2.51.